The molecule has 0 bridgehead atoms. The van der Waals surface area contributed by atoms with Crippen molar-refractivity contribution >= 4 is 23.9 Å². The van der Waals surface area contributed by atoms with Gasteiger partial charge in [-0.25, -0.2) is 9.59 Å². The number of carboxylic acids is 1. The number of amides is 3. The van der Waals surface area contributed by atoms with Crippen LogP contribution in [0.5, 0.6) is 0 Å². The van der Waals surface area contributed by atoms with Gasteiger partial charge in [-0.1, -0.05) is 60.7 Å². The summed E-state index contributed by atoms with van der Waals surface area (Å²) in [5, 5.41) is 25.1. The zero-order valence-electron chi connectivity index (χ0n) is 18.1. The summed E-state index contributed by atoms with van der Waals surface area (Å²) in [5.74, 6) is -2.86. The molecule has 0 heterocycles. The van der Waals surface area contributed by atoms with Crippen molar-refractivity contribution in [1.29, 1.82) is 0 Å². The lowest BCUT2D eigenvalue weighted by atomic mass is 10.0. The maximum absolute atomic E-state index is 12.8. The lowest BCUT2D eigenvalue weighted by Gasteiger charge is -2.22. The fraction of sp³-hybridized carbons (Fsp3) is 0.304. The largest absolute Gasteiger partial charge is 0.480 e. The molecule has 5 N–H and O–H groups in total. The summed E-state index contributed by atoms with van der Waals surface area (Å²) in [5.41, 5.74) is 1.54. The number of aliphatic hydroxyl groups excluding tert-OH is 1. The molecule has 176 valence electrons. The van der Waals surface area contributed by atoms with E-state index in [4.69, 9.17) is 14.9 Å². The molecule has 10 nitrogen and oxygen atoms in total. The van der Waals surface area contributed by atoms with E-state index in [2.05, 4.69) is 16.0 Å². The second-order valence-corrected chi connectivity index (χ2v) is 7.26. The molecule has 0 aliphatic carbocycles. The number of carbonyl (C=O) groups excluding carboxylic acids is 3. The van der Waals surface area contributed by atoms with Crippen molar-refractivity contribution in [3.63, 3.8) is 0 Å². The first-order valence-electron chi connectivity index (χ1n) is 10.3. The van der Waals surface area contributed by atoms with Crippen LogP contribution in [0.1, 0.15) is 18.1 Å². The standard InChI is InChI=1S/C23H27N3O7/c1-15(20(28)25-19(13-27)22(30)31)24-21(29)18(12-16-8-4-2-5-9-16)26-23(32)33-14-17-10-6-3-7-11-17/h2-11,15,18-19,27H,12-14H2,1H3,(H,24,29)(H,25,28)(H,26,32)(H,30,31)/t15-,18-,19-/m0/s1. The van der Waals surface area contributed by atoms with Gasteiger partial charge in [0.1, 0.15) is 24.7 Å². The van der Waals surface area contributed by atoms with Crippen LogP contribution in [0.15, 0.2) is 60.7 Å². The Bertz CT molecular complexity index is 938. The number of hydrogen-bond acceptors (Lipinski definition) is 6. The van der Waals surface area contributed by atoms with Gasteiger partial charge in [-0.15, -0.1) is 0 Å². The second kappa shape index (κ2) is 12.8. The van der Waals surface area contributed by atoms with Crippen molar-refractivity contribution < 1.29 is 34.1 Å². The van der Waals surface area contributed by atoms with Crippen molar-refractivity contribution in [2.75, 3.05) is 6.61 Å². The lowest BCUT2D eigenvalue weighted by molar-refractivity contribution is -0.143. The molecule has 0 saturated heterocycles. The van der Waals surface area contributed by atoms with Crippen LogP contribution in [0.4, 0.5) is 4.79 Å². The van der Waals surface area contributed by atoms with Crippen LogP contribution in [-0.2, 0) is 32.1 Å². The summed E-state index contributed by atoms with van der Waals surface area (Å²) in [6, 6.07) is 14.3. The third-order valence-corrected chi connectivity index (χ3v) is 4.65. The van der Waals surface area contributed by atoms with Crippen molar-refractivity contribution in [3.8, 4) is 0 Å². The zero-order valence-corrected chi connectivity index (χ0v) is 18.1. The molecule has 3 amide bonds. The van der Waals surface area contributed by atoms with Gasteiger partial charge < -0.3 is 30.9 Å². The van der Waals surface area contributed by atoms with E-state index in [1.54, 1.807) is 48.5 Å². The first-order valence-corrected chi connectivity index (χ1v) is 10.3. The number of aliphatic hydroxyl groups is 1. The van der Waals surface area contributed by atoms with Crippen LogP contribution in [0.2, 0.25) is 0 Å². The minimum Gasteiger partial charge on any atom is -0.480 e. The molecule has 0 radical (unpaired) electrons. The maximum atomic E-state index is 12.8. The van der Waals surface area contributed by atoms with Crippen molar-refractivity contribution in [1.82, 2.24) is 16.0 Å². The summed E-state index contributed by atoms with van der Waals surface area (Å²) >= 11 is 0. The fourth-order valence-corrected chi connectivity index (χ4v) is 2.83. The predicted molar refractivity (Wildman–Crippen MR) is 118 cm³/mol. The molecule has 2 aromatic carbocycles. The smallest absolute Gasteiger partial charge is 0.408 e. The maximum Gasteiger partial charge on any atom is 0.408 e. The highest BCUT2D eigenvalue weighted by Gasteiger charge is 2.27. The van der Waals surface area contributed by atoms with E-state index in [-0.39, 0.29) is 13.0 Å². The topological polar surface area (TPSA) is 154 Å². The Morgan fingerprint density at radius 1 is 0.818 bits per heavy atom. The van der Waals surface area contributed by atoms with Gasteiger partial charge in [0.05, 0.1) is 6.61 Å². The third-order valence-electron chi connectivity index (χ3n) is 4.65. The van der Waals surface area contributed by atoms with Gasteiger partial charge >= 0.3 is 12.1 Å². The van der Waals surface area contributed by atoms with Gasteiger partial charge in [0.2, 0.25) is 11.8 Å². The van der Waals surface area contributed by atoms with E-state index < -0.39 is 48.6 Å². The number of alkyl carbamates (subject to hydrolysis) is 1. The molecule has 0 spiro atoms. The van der Waals surface area contributed by atoms with Crippen LogP contribution in [-0.4, -0.2) is 58.8 Å². The second-order valence-electron chi connectivity index (χ2n) is 7.26. The monoisotopic (exact) mass is 457 g/mol. The fourth-order valence-electron chi connectivity index (χ4n) is 2.83. The number of aliphatic carboxylic acids is 1. The molecule has 0 unspecified atom stereocenters. The third kappa shape index (κ3) is 8.62. The molecule has 3 atom stereocenters. The van der Waals surface area contributed by atoms with Crippen LogP contribution in [0.25, 0.3) is 0 Å². The van der Waals surface area contributed by atoms with E-state index in [0.717, 1.165) is 11.1 Å². The number of rotatable bonds is 11. The first-order chi connectivity index (χ1) is 15.8. The van der Waals surface area contributed by atoms with E-state index in [1.807, 2.05) is 12.1 Å². The summed E-state index contributed by atoms with van der Waals surface area (Å²) in [6.07, 6.45) is -0.672. The average molecular weight is 457 g/mol. The minimum absolute atomic E-state index is 0.0168. The number of carbonyl (C=O) groups is 4. The van der Waals surface area contributed by atoms with Gasteiger partial charge in [-0.05, 0) is 18.1 Å². The van der Waals surface area contributed by atoms with Crippen LogP contribution in [0, 0.1) is 0 Å². The summed E-state index contributed by atoms with van der Waals surface area (Å²) in [7, 11) is 0. The molecule has 0 aromatic heterocycles. The molecule has 0 aliphatic heterocycles. The van der Waals surface area contributed by atoms with Crippen LogP contribution >= 0.6 is 0 Å². The average Bonchev–Trinajstić information content (AvgIpc) is 2.81. The molecule has 0 fully saturated rings. The molecule has 2 rings (SSSR count). The molecule has 10 heteroatoms. The molecule has 33 heavy (non-hydrogen) atoms. The highest BCUT2D eigenvalue weighted by molar-refractivity contribution is 5.92. The number of ether oxygens (including phenoxy) is 1. The molecule has 2 aromatic rings. The summed E-state index contributed by atoms with van der Waals surface area (Å²) < 4.78 is 5.19. The van der Waals surface area contributed by atoms with Gasteiger partial charge in [-0.2, -0.15) is 0 Å². The molecular weight excluding hydrogens is 430 g/mol. The molecule has 0 aliphatic rings. The van der Waals surface area contributed by atoms with E-state index >= 15 is 0 Å². The Labute approximate surface area is 191 Å². The normalized spacial score (nSPS) is 13.2. The Morgan fingerprint density at radius 3 is 1.94 bits per heavy atom. The quantitative estimate of drug-likeness (QED) is 0.331. The van der Waals surface area contributed by atoms with E-state index in [0.29, 0.717) is 0 Å². The van der Waals surface area contributed by atoms with Crippen molar-refractivity contribution in [2.45, 2.75) is 38.1 Å². The van der Waals surface area contributed by atoms with Gasteiger partial charge in [0.25, 0.3) is 0 Å². The minimum atomic E-state index is -1.50. The summed E-state index contributed by atoms with van der Waals surface area (Å²) in [4.78, 5) is 48.3. The Kier molecular flexibility index (Phi) is 9.84. The van der Waals surface area contributed by atoms with Crippen molar-refractivity contribution in [3.05, 3.63) is 71.8 Å². The van der Waals surface area contributed by atoms with Gasteiger partial charge in [0, 0.05) is 6.42 Å². The van der Waals surface area contributed by atoms with Crippen LogP contribution < -0.4 is 16.0 Å². The van der Waals surface area contributed by atoms with E-state index in [1.165, 1.54) is 6.92 Å². The number of nitrogens with one attached hydrogen (secondary N) is 3. The van der Waals surface area contributed by atoms with Crippen molar-refractivity contribution in [2.24, 2.45) is 0 Å². The van der Waals surface area contributed by atoms with Gasteiger partial charge in [-0.3, -0.25) is 9.59 Å². The Balaban J connectivity index is 2.02. The molecular formula is C23H27N3O7. The zero-order chi connectivity index (χ0) is 24.2. The van der Waals surface area contributed by atoms with E-state index in [9.17, 15) is 19.2 Å². The number of hydrogen-bond donors (Lipinski definition) is 5. The Morgan fingerprint density at radius 2 is 1.39 bits per heavy atom. The van der Waals surface area contributed by atoms with Crippen LogP contribution in [0.3, 0.4) is 0 Å². The lowest BCUT2D eigenvalue weighted by Crippen LogP contribution is -2.55. The predicted octanol–water partition coefficient (Wildman–Crippen LogP) is 0.591. The SMILES string of the molecule is C[C@H](NC(=O)[C@H](Cc1ccccc1)NC(=O)OCc1ccccc1)C(=O)N[C@@H](CO)C(=O)O. The first kappa shape index (κ1) is 25.3. The molecule has 0 saturated carbocycles. The number of benzene rings is 2. The number of carboxylic acid groups (broad SMARTS) is 1. The highest BCUT2D eigenvalue weighted by Crippen LogP contribution is 2.06. The summed E-state index contributed by atoms with van der Waals surface area (Å²) in [6.45, 7) is 0.576. The Hall–Kier alpha value is -3.92. The van der Waals surface area contributed by atoms with Gasteiger partial charge in [0.15, 0.2) is 0 Å². The highest BCUT2D eigenvalue weighted by atomic mass is 16.5.